The molecule has 0 bridgehead atoms. The van der Waals surface area contributed by atoms with E-state index in [0.29, 0.717) is 12.0 Å². The molecule has 39 heavy (non-hydrogen) atoms. The molecule has 218 valence electrons. The minimum atomic E-state index is -1.37. The molecule has 0 spiro atoms. The van der Waals surface area contributed by atoms with E-state index in [9.17, 15) is 24.0 Å². The molecule has 0 aromatic heterocycles. The highest BCUT2D eigenvalue weighted by Crippen LogP contribution is 2.28. The second-order valence-electron chi connectivity index (χ2n) is 10.5. The number of carbonyl (C=O) groups excluding carboxylic acids is 5. The van der Waals surface area contributed by atoms with Gasteiger partial charge >= 0.3 is 12.1 Å². The highest BCUT2D eigenvalue weighted by Gasteiger charge is 2.39. The third-order valence-electron chi connectivity index (χ3n) is 5.73. The number of benzene rings is 1. The van der Waals surface area contributed by atoms with Gasteiger partial charge in [-0.2, -0.15) is 0 Å². The molecule has 0 aliphatic heterocycles. The van der Waals surface area contributed by atoms with Crippen LogP contribution in [0, 0.1) is 13.8 Å². The van der Waals surface area contributed by atoms with E-state index in [4.69, 9.17) is 15.2 Å². The zero-order chi connectivity index (χ0) is 29.9. The number of alkyl carbamates (subject to hydrolysis) is 1. The largest absolute Gasteiger partial charge is 0.466 e. The Morgan fingerprint density at radius 3 is 2.10 bits per heavy atom. The molecular formula is C28H44N4O7. The molecule has 11 nitrogen and oxygen atoms in total. The maximum atomic E-state index is 14.0. The molecular weight excluding hydrogens is 504 g/mol. The lowest BCUT2D eigenvalue weighted by atomic mass is 9.96. The minimum absolute atomic E-state index is 0.00236. The van der Waals surface area contributed by atoms with Crippen molar-refractivity contribution in [3.05, 3.63) is 34.9 Å². The van der Waals surface area contributed by atoms with Crippen LogP contribution in [0.4, 0.5) is 4.79 Å². The molecule has 1 aromatic carbocycles. The number of nitrogens with two attached hydrogens (primary N) is 1. The van der Waals surface area contributed by atoms with Gasteiger partial charge in [-0.1, -0.05) is 36.2 Å². The second-order valence-corrected chi connectivity index (χ2v) is 10.5. The molecule has 4 amide bonds. The number of nitrogens with one attached hydrogen (secondary N) is 2. The number of rotatable bonds is 13. The van der Waals surface area contributed by atoms with Gasteiger partial charge in [0, 0.05) is 12.6 Å². The number of nitrogens with zero attached hydrogens (tertiary/aromatic N) is 1. The Bertz CT molecular complexity index is 1010. The first-order valence-corrected chi connectivity index (χ1v) is 13.2. The highest BCUT2D eigenvalue weighted by atomic mass is 16.6. The van der Waals surface area contributed by atoms with Crippen molar-refractivity contribution in [3.63, 3.8) is 0 Å². The van der Waals surface area contributed by atoms with Crippen molar-refractivity contribution in [2.75, 3.05) is 13.2 Å². The summed E-state index contributed by atoms with van der Waals surface area (Å²) in [5.74, 6) is -2.46. The fourth-order valence-electron chi connectivity index (χ4n) is 4.05. The molecule has 1 rings (SSSR count). The zero-order valence-corrected chi connectivity index (χ0v) is 24.4. The van der Waals surface area contributed by atoms with Crippen molar-refractivity contribution in [2.45, 2.75) is 98.4 Å². The SMILES string of the molecule is CCOC(=O)CCNC(=O)C(c1cc(C)cc(C)c1)N(C(=O)C(CC(N)=O)NC(=O)OC(C)(C)C)C(C)CC. The molecule has 0 aliphatic rings. The first-order chi connectivity index (χ1) is 18.1. The van der Waals surface area contributed by atoms with Crippen molar-refractivity contribution in [3.8, 4) is 0 Å². The Balaban J connectivity index is 3.53. The summed E-state index contributed by atoms with van der Waals surface area (Å²) in [5.41, 5.74) is 6.89. The van der Waals surface area contributed by atoms with Gasteiger partial charge in [0.05, 0.1) is 19.4 Å². The summed E-state index contributed by atoms with van der Waals surface area (Å²) < 4.78 is 10.2. The van der Waals surface area contributed by atoms with Crippen molar-refractivity contribution in [2.24, 2.45) is 5.73 Å². The van der Waals surface area contributed by atoms with Crippen LogP contribution in [-0.4, -0.2) is 65.5 Å². The van der Waals surface area contributed by atoms with Crippen molar-refractivity contribution >= 4 is 29.8 Å². The van der Waals surface area contributed by atoms with Crippen LogP contribution in [0.25, 0.3) is 0 Å². The molecule has 11 heteroatoms. The number of amides is 4. The summed E-state index contributed by atoms with van der Waals surface area (Å²) in [5, 5.41) is 5.20. The molecule has 3 unspecified atom stereocenters. The fourth-order valence-corrected chi connectivity index (χ4v) is 4.05. The summed E-state index contributed by atoms with van der Waals surface area (Å²) in [6.45, 7) is 14.3. The van der Waals surface area contributed by atoms with E-state index in [-0.39, 0.29) is 19.6 Å². The Hall–Kier alpha value is -3.63. The number of hydrogen-bond acceptors (Lipinski definition) is 7. The van der Waals surface area contributed by atoms with Crippen molar-refractivity contribution < 1.29 is 33.4 Å². The Kier molecular flexibility index (Phi) is 12.9. The predicted octanol–water partition coefficient (Wildman–Crippen LogP) is 2.81. The van der Waals surface area contributed by atoms with Gasteiger partial charge in [0.1, 0.15) is 17.7 Å². The smallest absolute Gasteiger partial charge is 0.408 e. The lowest BCUT2D eigenvalue weighted by Gasteiger charge is -2.38. The number of primary amides is 1. The maximum absolute atomic E-state index is 14.0. The fraction of sp³-hybridized carbons (Fsp3) is 0.607. The number of esters is 1. The maximum Gasteiger partial charge on any atom is 0.408 e. The normalized spacial score (nSPS) is 13.4. The first kappa shape index (κ1) is 33.4. The van der Waals surface area contributed by atoms with Gasteiger partial charge in [0.15, 0.2) is 0 Å². The number of aryl methyl sites for hydroxylation is 2. The van der Waals surface area contributed by atoms with Crippen LogP contribution in [0.5, 0.6) is 0 Å². The molecule has 0 heterocycles. The zero-order valence-electron chi connectivity index (χ0n) is 24.4. The van der Waals surface area contributed by atoms with Crippen LogP contribution in [0.1, 0.15) is 83.5 Å². The third-order valence-corrected chi connectivity index (χ3v) is 5.73. The van der Waals surface area contributed by atoms with Crippen LogP contribution in [0.2, 0.25) is 0 Å². The molecule has 0 saturated carbocycles. The van der Waals surface area contributed by atoms with Crippen LogP contribution in [0.15, 0.2) is 18.2 Å². The molecule has 1 aromatic rings. The van der Waals surface area contributed by atoms with Crippen LogP contribution in [0.3, 0.4) is 0 Å². The summed E-state index contributed by atoms with van der Waals surface area (Å²) >= 11 is 0. The molecule has 3 atom stereocenters. The Labute approximate surface area is 231 Å². The quantitative estimate of drug-likeness (QED) is 0.320. The summed E-state index contributed by atoms with van der Waals surface area (Å²) in [4.78, 5) is 65.3. The Morgan fingerprint density at radius 1 is 1.03 bits per heavy atom. The van der Waals surface area contributed by atoms with Gasteiger partial charge in [-0.15, -0.1) is 0 Å². The van der Waals surface area contributed by atoms with E-state index in [2.05, 4.69) is 10.6 Å². The monoisotopic (exact) mass is 548 g/mol. The van der Waals surface area contributed by atoms with E-state index in [1.165, 1.54) is 4.90 Å². The van der Waals surface area contributed by atoms with E-state index < -0.39 is 59.9 Å². The van der Waals surface area contributed by atoms with Crippen molar-refractivity contribution in [1.29, 1.82) is 0 Å². The highest BCUT2D eigenvalue weighted by molar-refractivity contribution is 5.94. The van der Waals surface area contributed by atoms with Gasteiger partial charge in [0.2, 0.25) is 17.7 Å². The van der Waals surface area contributed by atoms with E-state index >= 15 is 0 Å². The summed E-state index contributed by atoms with van der Waals surface area (Å²) in [6, 6.07) is 2.57. The van der Waals surface area contributed by atoms with E-state index in [1.807, 2.05) is 26.8 Å². The first-order valence-electron chi connectivity index (χ1n) is 13.2. The molecule has 0 fully saturated rings. The van der Waals surface area contributed by atoms with Gasteiger partial charge in [-0.3, -0.25) is 19.2 Å². The van der Waals surface area contributed by atoms with Gasteiger partial charge in [0.25, 0.3) is 0 Å². The lowest BCUT2D eigenvalue weighted by Crippen LogP contribution is -2.56. The predicted molar refractivity (Wildman–Crippen MR) is 146 cm³/mol. The minimum Gasteiger partial charge on any atom is -0.466 e. The van der Waals surface area contributed by atoms with Gasteiger partial charge in [-0.05, 0) is 60.5 Å². The number of ether oxygens (including phenoxy) is 2. The van der Waals surface area contributed by atoms with Gasteiger partial charge in [-0.25, -0.2) is 4.79 Å². The van der Waals surface area contributed by atoms with Crippen LogP contribution < -0.4 is 16.4 Å². The summed E-state index contributed by atoms with van der Waals surface area (Å²) in [6.07, 6.45) is -0.956. The standard InChI is InChI=1S/C28H44N4O7/c1-9-19(5)32(26(36)21(16-22(29)33)31-27(37)39-28(6,7)8)24(20-14-17(3)13-18(4)15-20)25(35)30-12-11-23(34)38-10-2/h13-15,19,21,24H,9-12,16H2,1-8H3,(H2,29,33)(H,30,35)(H,31,37). The summed E-state index contributed by atoms with van der Waals surface area (Å²) in [7, 11) is 0. The van der Waals surface area contributed by atoms with Gasteiger partial charge < -0.3 is 30.7 Å². The average molecular weight is 549 g/mol. The molecule has 0 aliphatic carbocycles. The van der Waals surface area contributed by atoms with Crippen LogP contribution in [-0.2, 0) is 28.7 Å². The molecule has 0 saturated heterocycles. The number of carbonyl (C=O) groups is 5. The van der Waals surface area contributed by atoms with E-state index in [0.717, 1.165) is 11.1 Å². The van der Waals surface area contributed by atoms with Crippen molar-refractivity contribution in [1.82, 2.24) is 15.5 Å². The number of hydrogen-bond donors (Lipinski definition) is 3. The van der Waals surface area contributed by atoms with Crippen LogP contribution >= 0.6 is 0 Å². The average Bonchev–Trinajstić information content (AvgIpc) is 2.79. The Morgan fingerprint density at radius 2 is 1.62 bits per heavy atom. The molecule has 4 N–H and O–H groups in total. The molecule has 0 radical (unpaired) electrons. The topological polar surface area (TPSA) is 157 Å². The van der Waals surface area contributed by atoms with E-state index in [1.54, 1.807) is 46.8 Å². The lowest BCUT2D eigenvalue weighted by molar-refractivity contribution is -0.146. The second kappa shape index (κ2) is 15.1. The third kappa shape index (κ3) is 11.3.